The number of aryl methyl sites for hydroxylation is 2. The highest BCUT2D eigenvalue weighted by Crippen LogP contribution is 2.30. The monoisotopic (exact) mass is 264 g/mol. The number of nitrogens with one attached hydrogen (secondary N) is 1. The summed E-state index contributed by atoms with van der Waals surface area (Å²) < 4.78 is 20.2. The van der Waals surface area contributed by atoms with Gasteiger partial charge < -0.3 is 4.74 Å². The van der Waals surface area contributed by atoms with Gasteiger partial charge in [-0.3, -0.25) is 10.5 Å². The van der Waals surface area contributed by atoms with Crippen LogP contribution in [-0.2, 0) is 7.05 Å². The maximum Gasteiger partial charge on any atom is 0.161 e. The molecule has 2 aromatic rings. The molecule has 102 valence electrons. The molecule has 0 amide bonds. The molecule has 6 heteroatoms. The van der Waals surface area contributed by atoms with Gasteiger partial charge in [0.05, 0.1) is 19.3 Å². The van der Waals surface area contributed by atoms with Crippen molar-refractivity contribution >= 4 is 0 Å². The Morgan fingerprint density at radius 1 is 1.47 bits per heavy atom. The van der Waals surface area contributed by atoms with Crippen molar-refractivity contribution in [3.8, 4) is 5.75 Å². The summed E-state index contributed by atoms with van der Waals surface area (Å²) in [5.41, 5.74) is 5.22. The van der Waals surface area contributed by atoms with Gasteiger partial charge in [-0.2, -0.15) is 5.10 Å². The third-order valence-corrected chi connectivity index (χ3v) is 3.15. The summed E-state index contributed by atoms with van der Waals surface area (Å²) in [5, 5.41) is 4.15. The molecule has 1 heterocycles. The second kappa shape index (κ2) is 5.38. The Bertz CT molecular complexity index is 582. The van der Waals surface area contributed by atoms with Gasteiger partial charge in [0.2, 0.25) is 0 Å². The lowest BCUT2D eigenvalue weighted by Gasteiger charge is -2.20. The summed E-state index contributed by atoms with van der Waals surface area (Å²) in [6.45, 7) is 1.84. The van der Waals surface area contributed by atoms with Crippen LogP contribution in [0.1, 0.15) is 22.9 Å². The smallest absolute Gasteiger partial charge is 0.161 e. The molecule has 2 rings (SSSR count). The summed E-state index contributed by atoms with van der Waals surface area (Å²) in [5.74, 6) is 6.02. The average molecular weight is 264 g/mol. The molecule has 3 N–H and O–H groups in total. The van der Waals surface area contributed by atoms with Crippen LogP contribution in [0.4, 0.5) is 4.39 Å². The van der Waals surface area contributed by atoms with Crippen molar-refractivity contribution < 1.29 is 9.13 Å². The van der Waals surface area contributed by atoms with Gasteiger partial charge in [-0.1, -0.05) is 6.07 Å². The predicted molar refractivity (Wildman–Crippen MR) is 70.1 cm³/mol. The van der Waals surface area contributed by atoms with E-state index in [0.717, 1.165) is 16.8 Å². The van der Waals surface area contributed by atoms with Crippen molar-refractivity contribution in [2.45, 2.75) is 13.0 Å². The quantitative estimate of drug-likeness (QED) is 0.647. The first-order valence-electron chi connectivity index (χ1n) is 5.86. The third-order valence-electron chi connectivity index (χ3n) is 3.15. The lowest BCUT2D eigenvalue weighted by atomic mass is 9.98. The molecule has 0 fully saturated rings. The highest BCUT2D eigenvalue weighted by Gasteiger charge is 2.22. The summed E-state index contributed by atoms with van der Waals surface area (Å²) >= 11 is 0. The average Bonchev–Trinajstić information content (AvgIpc) is 2.74. The van der Waals surface area contributed by atoms with Crippen molar-refractivity contribution in [3.63, 3.8) is 0 Å². The minimum Gasteiger partial charge on any atom is -0.493 e. The van der Waals surface area contributed by atoms with E-state index in [1.807, 2.05) is 6.92 Å². The van der Waals surface area contributed by atoms with Crippen LogP contribution < -0.4 is 16.0 Å². The van der Waals surface area contributed by atoms with Gasteiger partial charge in [0.15, 0.2) is 5.75 Å². The summed E-state index contributed by atoms with van der Waals surface area (Å²) in [6.07, 6.45) is 1.62. The van der Waals surface area contributed by atoms with E-state index in [-0.39, 0.29) is 11.9 Å². The second-order valence-electron chi connectivity index (χ2n) is 4.32. The highest BCUT2D eigenvalue weighted by molar-refractivity contribution is 5.39. The van der Waals surface area contributed by atoms with Gasteiger partial charge in [0.25, 0.3) is 0 Å². The Kier molecular flexibility index (Phi) is 3.82. The molecule has 0 saturated heterocycles. The van der Waals surface area contributed by atoms with E-state index in [9.17, 15) is 4.39 Å². The fraction of sp³-hybridized carbons (Fsp3) is 0.308. The topological polar surface area (TPSA) is 65.1 Å². The number of rotatable bonds is 4. The molecule has 0 aliphatic rings. The Hall–Kier alpha value is -1.92. The number of methoxy groups -OCH3 is 1. The van der Waals surface area contributed by atoms with Crippen molar-refractivity contribution in [1.29, 1.82) is 0 Å². The van der Waals surface area contributed by atoms with Crippen LogP contribution in [0.2, 0.25) is 0 Å². The first-order chi connectivity index (χ1) is 9.08. The molecule has 1 unspecified atom stereocenters. The van der Waals surface area contributed by atoms with E-state index < -0.39 is 0 Å². The SMILES string of the molecule is COc1cnn(C)c1C(NN)c1ccc(F)cc1C. The lowest BCUT2D eigenvalue weighted by Crippen LogP contribution is -2.31. The number of hydrazine groups is 1. The van der Waals surface area contributed by atoms with E-state index in [0.29, 0.717) is 5.75 Å². The van der Waals surface area contributed by atoms with Crippen molar-refractivity contribution in [3.05, 3.63) is 47.0 Å². The van der Waals surface area contributed by atoms with Crippen LogP contribution in [0.5, 0.6) is 5.75 Å². The second-order valence-corrected chi connectivity index (χ2v) is 4.32. The van der Waals surface area contributed by atoms with Crippen LogP contribution in [-0.4, -0.2) is 16.9 Å². The van der Waals surface area contributed by atoms with E-state index in [1.54, 1.807) is 31.1 Å². The van der Waals surface area contributed by atoms with Crippen LogP contribution in [0.25, 0.3) is 0 Å². The molecule has 1 aromatic carbocycles. The number of nitrogens with zero attached hydrogens (tertiary/aromatic N) is 2. The largest absolute Gasteiger partial charge is 0.493 e. The number of hydrogen-bond donors (Lipinski definition) is 2. The molecule has 0 aliphatic heterocycles. The van der Waals surface area contributed by atoms with E-state index in [4.69, 9.17) is 10.6 Å². The first-order valence-corrected chi connectivity index (χ1v) is 5.86. The predicted octanol–water partition coefficient (Wildman–Crippen LogP) is 1.43. The molecule has 0 aliphatic carbocycles. The standard InChI is InChI=1S/C13H17FN4O/c1-8-6-9(14)4-5-10(8)12(17-15)13-11(19-3)7-16-18(13)2/h4-7,12,17H,15H2,1-3H3. The summed E-state index contributed by atoms with van der Waals surface area (Å²) in [4.78, 5) is 0. The summed E-state index contributed by atoms with van der Waals surface area (Å²) in [7, 11) is 3.38. The van der Waals surface area contributed by atoms with Crippen molar-refractivity contribution in [2.24, 2.45) is 12.9 Å². The number of ether oxygens (including phenoxy) is 1. The Labute approximate surface area is 111 Å². The van der Waals surface area contributed by atoms with E-state index in [1.165, 1.54) is 12.1 Å². The zero-order valence-corrected chi connectivity index (χ0v) is 11.1. The minimum atomic E-state index is -0.317. The summed E-state index contributed by atoms with van der Waals surface area (Å²) in [6, 6.07) is 4.28. The van der Waals surface area contributed by atoms with E-state index in [2.05, 4.69) is 10.5 Å². The van der Waals surface area contributed by atoms with Gasteiger partial charge in [-0.15, -0.1) is 0 Å². The van der Waals surface area contributed by atoms with Crippen LogP contribution in [0, 0.1) is 12.7 Å². The van der Waals surface area contributed by atoms with Gasteiger partial charge in [-0.25, -0.2) is 9.82 Å². The minimum absolute atomic E-state index is 0.269. The third kappa shape index (κ3) is 2.45. The number of halogens is 1. The molecule has 1 aromatic heterocycles. The lowest BCUT2D eigenvalue weighted by molar-refractivity contribution is 0.401. The van der Waals surface area contributed by atoms with E-state index >= 15 is 0 Å². The fourth-order valence-electron chi connectivity index (χ4n) is 2.19. The first kappa shape index (κ1) is 13.5. The molecule has 0 spiro atoms. The van der Waals surface area contributed by atoms with Crippen LogP contribution in [0.15, 0.2) is 24.4 Å². The van der Waals surface area contributed by atoms with Gasteiger partial charge >= 0.3 is 0 Å². The van der Waals surface area contributed by atoms with Gasteiger partial charge in [0, 0.05) is 7.05 Å². The number of aromatic nitrogens is 2. The zero-order valence-electron chi connectivity index (χ0n) is 11.1. The van der Waals surface area contributed by atoms with Crippen molar-refractivity contribution in [2.75, 3.05) is 7.11 Å². The van der Waals surface area contributed by atoms with Gasteiger partial charge in [0.1, 0.15) is 11.5 Å². The molecular weight excluding hydrogens is 247 g/mol. The van der Waals surface area contributed by atoms with Crippen LogP contribution >= 0.6 is 0 Å². The normalized spacial score (nSPS) is 12.5. The Morgan fingerprint density at radius 3 is 2.79 bits per heavy atom. The molecule has 0 radical (unpaired) electrons. The zero-order chi connectivity index (χ0) is 14.0. The molecule has 0 bridgehead atoms. The fourth-order valence-corrected chi connectivity index (χ4v) is 2.19. The van der Waals surface area contributed by atoms with Crippen LogP contribution in [0.3, 0.4) is 0 Å². The number of benzene rings is 1. The maximum absolute atomic E-state index is 13.2. The number of nitrogens with two attached hydrogens (primary N) is 1. The molecule has 0 saturated carbocycles. The maximum atomic E-state index is 13.2. The Balaban J connectivity index is 2.52. The molecule has 1 atom stereocenters. The molecule has 19 heavy (non-hydrogen) atoms. The highest BCUT2D eigenvalue weighted by atomic mass is 19.1. The van der Waals surface area contributed by atoms with Crippen molar-refractivity contribution in [1.82, 2.24) is 15.2 Å². The number of hydrogen-bond acceptors (Lipinski definition) is 4. The van der Waals surface area contributed by atoms with Gasteiger partial charge in [-0.05, 0) is 30.2 Å². The molecular formula is C13H17FN4O. The Morgan fingerprint density at radius 2 is 2.21 bits per heavy atom. The molecule has 5 nitrogen and oxygen atoms in total.